The summed E-state index contributed by atoms with van der Waals surface area (Å²) in [6, 6.07) is 6.58. The van der Waals surface area contributed by atoms with Crippen LogP contribution in [-0.2, 0) is 0 Å². The van der Waals surface area contributed by atoms with Gasteiger partial charge < -0.3 is 19.4 Å². The molecule has 1 saturated heterocycles. The van der Waals surface area contributed by atoms with Crippen LogP contribution in [0.1, 0.15) is 23.2 Å². The van der Waals surface area contributed by atoms with E-state index in [1.54, 1.807) is 23.1 Å². The van der Waals surface area contributed by atoms with Crippen molar-refractivity contribution in [2.24, 2.45) is 0 Å². The first kappa shape index (κ1) is 16.8. The molecule has 8 heteroatoms. The summed E-state index contributed by atoms with van der Waals surface area (Å²) >= 11 is 0. The van der Waals surface area contributed by atoms with Crippen molar-refractivity contribution in [3.05, 3.63) is 52.5 Å². The minimum absolute atomic E-state index is 0.0239. The lowest BCUT2D eigenvalue weighted by atomic mass is 10.0. The number of ether oxygens (including phenoxy) is 1. The first-order chi connectivity index (χ1) is 12.1. The molecule has 0 radical (unpaired) electrons. The summed E-state index contributed by atoms with van der Waals surface area (Å²) in [5, 5.41) is 14.3. The van der Waals surface area contributed by atoms with Crippen molar-refractivity contribution >= 4 is 17.3 Å². The lowest BCUT2D eigenvalue weighted by Gasteiger charge is -2.32. The SMILES string of the molecule is COc1cc(NC2CCN(C(=O)c3ccoc3)CC2)ccc1[N+](=O)[O-]. The predicted molar refractivity (Wildman–Crippen MR) is 90.9 cm³/mol. The Kier molecular flexibility index (Phi) is 4.87. The Morgan fingerprint density at radius 3 is 2.72 bits per heavy atom. The Bertz CT molecular complexity index is 752. The topological polar surface area (TPSA) is 97.8 Å². The van der Waals surface area contributed by atoms with Crippen LogP contribution in [0.2, 0.25) is 0 Å². The number of hydrogen-bond acceptors (Lipinski definition) is 6. The van der Waals surface area contributed by atoms with Crippen LogP contribution in [0.5, 0.6) is 5.75 Å². The van der Waals surface area contributed by atoms with Crippen LogP contribution >= 0.6 is 0 Å². The van der Waals surface area contributed by atoms with E-state index in [9.17, 15) is 14.9 Å². The molecule has 2 aromatic rings. The zero-order chi connectivity index (χ0) is 17.8. The average molecular weight is 345 g/mol. The first-order valence-corrected chi connectivity index (χ1v) is 7.99. The van der Waals surface area contributed by atoms with Crippen LogP contribution in [0.4, 0.5) is 11.4 Å². The van der Waals surface area contributed by atoms with Crippen LogP contribution in [0, 0.1) is 10.1 Å². The van der Waals surface area contributed by atoms with Gasteiger partial charge in [-0.25, -0.2) is 0 Å². The van der Waals surface area contributed by atoms with E-state index in [0.717, 1.165) is 18.5 Å². The summed E-state index contributed by atoms with van der Waals surface area (Å²) in [5.41, 5.74) is 1.27. The number of amides is 1. The minimum Gasteiger partial charge on any atom is -0.490 e. The molecule has 2 heterocycles. The summed E-state index contributed by atoms with van der Waals surface area (Å²) in [5.74, 6) is 0.201. The number of methoxy groups -OCH3 is 1. The highest BCUT2D eigenvalue weighted by Gasteiger charge is 2.24. The Labute approximate surface area is 144 Å². The predicted octanol–water partition coefficient (Wildman–Crippen LogP) is 2.91. The maximum absolute atomic E-state index is 12.3. The van der Waals surface area contributed by atoms with Gasteiger partial charge in [0.1, 0.15) is 6.26 Å². The van der Waals surface area contributed by atoms with Crippen molar-refractivity contribution < 1.29 is 18.9 Å². The van der Waals surface area contributed by atoms with Crippen molar-refractivity contribution in [2.45, 2.75) is 18.9 Å². The largest absolute Gasteiger partial charge is 0.490 e. The molecule has 1 aromatic carbocycles. The highest BCUT2D eigenvalue weighted by Crippen LogP contribution is 2.30. The van der Waals surface area contributed by atoms with Crippen LogP contribution in [-0.4, -0.2) is 42.0 Å². The lowest BCUT2D eigenvalue weighted by molar-refractivity contribution is -0.385. The van der Waals surface area contributed by atoms with Crippen molar-refractivity contribution in [3.8, 4) is 5.75 Å². The number of furan rings is 1. The molecule has 3 rings (SSSR count). The molecule has 1 aliphatic rings. The molecule has 0 spiro atoms. The van der Waals surface area contributed by atoms with Gasteiger partial charge in [-0.15, -0.1) is 0 Å². The molecule has 1 N–H and O–H groups in total. The van der Waals surface area contributed by atoms with E-state index in [0.29, 0.717) is 18.7 Å². The monoisotopic (exact) mass is 345 g/mol. The van der Waals surface area contributed by atoms with Crippen LogP contribution in [0.25, 0.3) is 0 Å². The molecule has 1 aromatic heterocycles. The van der Waals surface area contributed by atoms with E-state index in [2.05, 4.69) is 5.32 Å². The standard InChI is InChI=1S/C17H19N3O5/c1-24-16-10-14(2-3-15(16)20(22)23)18-13-4-7-19(8-5-13)17(21)12-6-9-25-11-12/h2-3,6,9-11,13,18H,4-5,7-8H2,1H3. The van der Waals surface area contributed by atoms with Gasteiger partial charge in [0.15, 0.2) is 5.75 Å². The van der Waals surface area contributed by atoms with Gasteiger partial charge in [0.05, 0.1) is 23.9 Å². The average Bonchev–Trinajstić information content (AvgIpc) is 3.16. The molecule has 8 nitrogen and oxygen atoms in total. The van der Waals surface area contributed by atoms with Crippen molar-refractivity contribution in [1.82, 2.24) is 4.90 Å². The molecule has 1 amide bonds. The molecule has 0 bridgehead atoms. The molecule has 0 saturated carbocycles. The Morgan fingerprint density at radius 1 is 1.36 bits per heavy atom. The fraction of sp³-hybridized carbons (Fsp3) is 0.353. The second-order valence-electron chi connectivity index (χ2n) is 5.87. The quantitative estimate of drug-likeness (QED) is 0.661. The smallest absolute Gasteiger partial charge is 0.311 e. The van der Waals surface area contributed by atoms with Gasteiger partial charge in [-0.3, -0.25) is 14.9 Å². The van der Waals surface area contributed by atoms with Crippen LogP contribution < -0.4 is 10.1 Å². The minimum atomic E-state index is -0.470. The van der Waals surface area contributed by atoms with Gasteiger partial charge in [-0.05, 0) is 25.0 Å². The summed E-state index contributed by atoms with van der Waals surface area (Å²) in [4.78, 5) is 24.6. The maximum Gasteiger partial charge on any atom is 0.311 e. The number of benzene rings is 1. The van der Waals surface area contributed by atoms with E-state index in [1.807, 2.05) is 0 Å². The summed E-state index contributed by atoms with van der Waals surface area (Å²) in [6.45, 7) is 1.29. The van der Waals surface area contributed by atoms with Gasteiger partial charge >= 0.3 is 5.69 Å². The number of likely N-dealkylation sites (tertiary alicyclic amines) is 1. The van der Waals surface area contributed by atoms with E-state index >= 15 is 0 Å². The third-order valence-corrected chi connectivity index (χ3v) is 4.30. The third kappa shape index (κ3) is 3.73. The van der Waals surface area contributed by atoms with E-state index in [4.69, 9.17) is 9.15 Å². The van der Waals surface area contributed by atoms with Gasteiger partial charge in [-0.2, -0.15) is 0 Å². The molecule has 1 aliphatic heterocycles. The molecular formula is C17H19N3O5. The molecule has 25 heavy (non-hydrogen) atoms. The van der Waals surface area contributed by atoms with E-state index in [-0.39, 0.29) is 23.4 Å². The Hall–Kier alpha value is -3.03. The summed E-state index contributed by atoms with van der Waals surface area (Å²) in [6.07, 6.45) is 4.53. The fourth-order valence-electron chi connectivity index (χ4n) is 2.95. The molecule has 132 valence electrons. The number of nitro groups is 1. The van der Waals surface area contributed by atoms with Crippen LogP contribution in [0.15, 0.2) is 41.2 Å². The van der Waals surface area contributed by atoms with Crippen molar-refractivity contribution in [1.29, 1.82) is 0 Å². The number of nitrogens with one attached hydrogen (secondary N) is 1. The van der Waals surface area contributed by atoms with Crippen molar-refractivity contribution in [3.63, 3.8) is 0 Å². The Morgan fingerprint density at radius 2 is 2.12 bits per heavy atom. The normalized spacial score (nSPS) is 15.0. The molecule has 1 fully saturated rings. The number of nitro benzene ring substituents is 1. The second-order valence-corrected chi connectivity index (χ2v) is 5.87. The number of anilines is 1. The highest BCUT2D eigenvalue weighted by molar-refractivity contribution is 5.93. The van der Waals surface area contributed by atoms with Gasteiger partial charge in [-0.1, -0.05) is 0 Å². The fourth-order valence-corrected chi connectivity index (χ4v) is 2.95. The van der Waals surface area contributed by atoms with Gasteiger partial charge in [0.25, 0.3) is 5.91 Å². The summed E-state index contributed by atoms with van der Waals surface area (Å²) in [7, 11) is 1.41. The number of hydrogen-bond donors (Lipinski definition) is 1. The maximum atomic E-state index is 12.3. The number of carbonyl (C=O) groups is 1. The van der Waals surface area contributed by atoms with E-state index < -0.39 is 4.92 Å². The lowest BCUT2D eigenvalue weighted by Crippen LogP contribution is -2.42. The number of piperidine rings is 1. The number of nitrogens with zero attached hydrogens (tertiary/aromatic N) is 2. The van der Waals surface area contributed by atoms with E-state index in [1.165, 1.54) is 25.7 Å². The molecular weight excluding hydrogens is 326 g/mol. The first-order valence-electron chi connectivity index (χ1n) is 7.99. The van der Waals surface area contributed by atoms with Gasteiger partial charge in [0, 0.05) is 37.0 Å². The second kappa shape index (κ2) is 7.25. The van der Waals surface area contributed by atoms with Crippen molar-refractivity contribution in [2.75, 3.05) is 25.5 Å². The number of carbonyl (C=O) groups excluding carboxylic acids is 1. The number of rotatable bonds is 5. The van der Waals surface area contributed by atoms with Gasteiger partial charge in [0.2, 0.25) is 0 Å². The van der Waals surface area contributed by atoms with Crippen LogP contribution in [0.3, 0.4) is 0 Å². The summed E-state index contributed by atoms with van der Waals surface area (Å²) < 4.78 is 10.0. The highest BCUT2D eigenvalue weighted by atomic mass is 16.6. The molecule has 0 aliphatic carbocycles. The third-order valence-electron chi connectivity index (χ3n) is 4.30. The Balaban J connectivity index is 1.59. The zero-order valence-corrected chi connectivity index (χ0v) is 13.8. The molecule has 0 atom stereocenters. The molecule has 0 unspecified atom stereocenters. The zero-order valence-electron chi connectivity index (χ0n) is 13.8.